The Morgan fingerprint density at radius 2 is 2.17 bits per heavy atom. The predicted octanol–water partition coefficient (Wildman–Crippen LogP) is 2.98. The van der Waals surface area contributed by atoms with Crippen molar-refractivity contribution >= 4 is 5.91 Å². The van der Waals surface area contributed by atoms with Crippen LogP contribution in [-0.4, -0.2) is 40.8 Å². The van der Waals surface area contributed by atoms with Gasteiger partial charge in [-0.25, -0.2) is 0 Å². The summed E-state index contributed by atoms with van der Waals surface area (Å²) in [5.74, 6) is 1.36. The Morgan fingerprint density at radius 3 is 2.96 bits per heavy atom. The molecule has 6 heteroatoms. The summed E-state index contributed by atoms with van der Waals surface area (Å²) in [5, 5.41) is 8.23. The highest BCUT2D eigenvalue weighted by Gasteiger charge is 2.34. The molecule has 0 aromatic carbocycles. The Balaban J connectivity index is 1.80. The molecule has 0 N–H and O–H groups in total. The van der Waals surface area contributed by atoms with Gasteiger partial charge in [-0.05, 0) is 25.7 Å². The van der Waals surface area contributed by atoms with Crippen LogP contribution in [0.25, 0.3) is 0 Å². The number of morpholine rings is 1. The number of amides is 1. The fourth-order valence-electron chi connectivity index (χ4n) is 3.06. The summed E-state index contributed by atoms with van der Waals surface area (Å²) < 4.78 is 11.3. The fraction of sp³-hybridized carbons (Fsp3) is 0.706. The van der Waals surface area contributed by atoms with Gasteiger partial charge in [-0.2, -0.15) is 0 Å². The molecule has 126 valence electrons. The van der Waals surface area contributed by atoms with Crippen molar-refractivity contribution in [2.45, 2.75) is 57.9 Å². The standard InChI is InChI=1S/C17H25N3O3/c1-12(2)15-18-19-16(23-15)14-11-22-10-9-20(14)17(21)13-7-5-3-4-6-8-13/h7,12,14H,3-6,8-11H2,1-2H3/t14-/m0/s1. The number of hydrogen-bond donors (Lipinski definition) is 0. The average molecular weight is 319 g/mol. The second-order valence-electron chi connectivity index (χ2n) is 6.55. The van der Waals surface area contributed by atoms with Crippen LogP contribution in [0.5, 0.6) is 0 Å². The number of nitrogens with zero attached hydrogens (tertiary/aromatic N) is 3. The lowest BCUT2D eigenvalue weighted by atomic mass is 10.1. The molecule has 23 heavy (non-hydrogen) atoms. The van der Waals surface area contributed by atoms with Crippen molar-refractivity contribution in [1.82, 2.24) is 15.1 Å². The lowest BCUT2D eigenvalue weighted by Gasteiger charge is -2.34. The van der Waals surface area contributed by atoms with Crippen LogP contribution in [0.2, 0.25) is 0 Å². The summed E-state index contributed by atoms with van der Waals surface area (Å²) in [6.07, 6.45) is 7.42. The minimum atomic E-state index is -0.277. The van der Waals surface area contributed by atoms with E-state index in [4.69, 9.17) is 9.15 Å². The second-order valence-corrected chi connectivity index (χ2v) is 6.55. The van der Waals surface area contributed by atoms with E-state index in [1.165, 1.54) is 12.8 Å². The van der Waals surface area contributed by atoms with Crippen LogP contribution in [0.4, 0.5) is 0 Å². The molecule has 2 heterocycles. The highest BCUT2D eigenvalue weighted by Crippen LogP contribution is 2.28. The molecule has 1 aromatic heterocycles. The molecule has 1 atom stereocenters. The maximum absolute atomic E-state index is 12.9. The van der Waals surface area contributed by atoms with Crippen molar-refractivity contribution in [3.05, 3.63) is 23.4 Å². The second kappa shape index (κ2) is 7.25. The van der Waals surface area contributed by atoms with E-state index in [9.17, 15) is 4.79 Å². The van der Waals surface area contributed by atoms with Crippen LogP contribution in [-0.2, 0) is 9.53 Å². The van der Waals surface area contributed by atoms with Gasteiger partial charge in [0.15, 0.2) is 0 Å². The Bertz CT molecular complexity index is 579. The van der Waals surface area contributed by atoms with Crippen molar-refractivity contribution in [2.75, 3.05) is 19.8 Å². The zero-order valence-electron chi connectivity index (χ0n) is 14.0. The molecule has 0 unspecified atom stereocenters. The Labute approximate surface area is 136 Å². The van der Waals surface area contributed by atoms with E-state index in [1.807, 2.05) is 18.7 Å². The van der Waals surface area contributed by atoms with Gasteiger partial charge in [-0.1, -0.05) is 26.3 Å². The van der Waals surface area contributed by atoms with Gasteiger partial charge in [-0.15, -0.1) is 10.2 Å². The van der Waals surface area contributed by atoms with E-state index in [0.29, 0.717) is 31.5 Å². The van der Waals surface area contributed by atoms with E-state index in [-0.39, 0.29) is 17.9 Å². The van der Waals surface area contributed by atoms with Gasteiger partial charge in [0.2, 0.25) is 17.7 Å². The third-order valence-corrected chi connectivity index (χ3v) is 4.44. The molecule has 0 saturated carbocycles. The quantitative estimate of drug-likeness (QED) is 0.856. The Hall–Kier alpha value is -1.69. The summed E-state index contributed by atoms with van der Waals surface area (Å²) in [6, 6.07) is -0.277. The van der Waals surface area contributed by atoms with Crippen molar-refractivity contribution in [2.24, 2.45) is 0 Å². The van der Waals surface area contributed by atoms with Gasteiger partial charge >= 0.3 is 0 Å². The van der Waals surface area contributed by atoms with Gasteiger partial charge in [0.1, 0.15) is 6.04 Å². The summed E-state index contributed by atoms with van der Waals surface area (Å²) in [6.45, 7) is 5.56. The van der Waals surface area contributed by atoms with Gasteiger partial charge in [0.25, 0.3) is 0 Å². The van der Waals surface area contributed by atoms with Crippen LogP contribution in [0, 0.1) is 0 Å². The fourth-order valence-corrected chi connectivity index (χ4v) is 3.06. The van der Waals surface area contributed by atoms with Crippen LogP contribution in [0.3, 0.4) is 0 Å². The molecule has 0 bridgehead atoms. The zero-order chi connectivity index (χ0) is 16.2. The highest BCUT2D eigenvalue weighted by molar-refractivity contribution is 5.93. The lowest BCUT2D eigenvalue weighted by molar-refractivity contribution is -0.137. The Morgan fingerprint density at radius 1 is 1.30 bits per heavy atom. The largest absolute Gasteiger partial charge is 0.423 e. The van der Waals surface area contributed by atoms with Gasteiger partial charge < -0.3 is 14.1 Å². The molecular weight excluding hydrogens is 294 g/mol. The van der Waals surface area contributed by atoms with Crippen LogP contribution < -0.4 is 0 Å². The topological polar surface area (TPSA) is 68.5 Å². The third kappa shape index (κ3) is 3.63. The molecule has 3 rings (SSSR count). The van der Waals surface area contributed by atoms with Crippen LogP contribution in [0.15, 0.2) is 16.1 Å². The van der Waals surface area contributed by atoms with Crippen LogP contribution >= 0.6 is 0 Å². The smallest absolute Gasteiger partial charge is 0.250 e. The molecule has 1 aliphatic carbocycles. The maximum atomic E-state index is 12.9. The number of aromatic nitrogens is 2. The van der Waals surface area contributed by atoms with Crippen molar-refractivity contribution in [3.63, 3.8) is 0 Å². The summed E-state index contributed by atoms with van der Waals surface area (Å²) >= 11 is 0. The number of hydrogen-bond acceptors (Lipinski definition) is 5. The lowest BCUT2D eigenvalue weighted by Crippen LogP contribution is -2.44. The number of carbonyl (C=O) groups excluding carboxylic acids is 1. The third-order valence-electron chi connectivity index (χ3n) is 4.44. The number of allylic oxidation sites excluding steroid dienone is 1. The first-order valence-electron chi connectivity index (χ1n) is 8.58. The van der Waals surface area contributed by atoms with E-state index in [2.05, 4.69) is 16.3 Å². The normalized spacial score (nSPS) is 22.8. The van der Waals surface area contributed by atoms with E-state index < -0.39 is 0 Å². The summed E-state index contributed by atoms with van der Waals surface area (Å²) in [7, 11) is 0. The van der Waals surface area contributed by atoms with E-state index >= 15 is 0 Å². The predicted molar refractivity (Wildman–Crippen MR) is 84.8 cm³/mol. The first-order chi connectivity index (χ1) is 11.2. The molecule has 0 radical (unpaired) electrons. The summed E-state index contributed by atoms with van der Waals surface area (Å²) in [5.41, 5.74) is 0.929. The zero-order valence-corrected chi connectivity index (χ0v) is 14.0. The van der Waals surface area contributed by atoms with Gasteiger partial charge in [0.05, 0.1) is 13.2 Å². The van der Waals surface area contributed by atoms with Crippen molar-refractivity contribution in [1.29, 1.82) is 0 Å². The molecule has 0 spiro atoms. The van der Waals surface area contributed by atoms with Crippen LogP contribution in [0.1, 0.15) is 69.7 Å². The van der Waals surface area contributed by atoms with E-state index in [1.54, 1.807) is 0 Å². The number of ether oxygens (including phenoxy) is 1. The Kier molecular flexibility index (Phi) is 5.10. The molecule has 6 nitrogen and oxygen atoms in total. The molecule has 1 fully saturated rings. The first-order valence-corrected chi connectivity index (χ1v) is 8.58. The molecular formula is C17H25N3O3. The minimum Gasteiger partial charge on any atom is -0.423 e. The SMILES string of the molecule is CC(C)c1nnc([C@@H]2COCCN2C(=O)C2=CCCCCC2)o1. The first kappa shape index (κ1) is 16.2. The maximum Gasteiger partial charge on any atom is 0.250 e. The number of rotatable bonds is 3. The minimum absolute atomic E-state index is 0.101. The molecule has 2 aliphatic rings. The molecule has 1 amide bonds. The van der Waals surface area contributed by atoms with Crippen molar-refractivity contribution in [3.8, 4) is 0 Å². The molecule has 1 aromatic rings. The monoisotopic (exact) mass is 319 g/mol. The van der Waals surface area contributed by atoms with E-state index in [0.717, 1.165) is 24.8 Å². The summed E-state index contributed by atoms with van der Waals surface area (Å²) in [4.78, 5) is 14.8. The molecule has 1 aliphatic heterocycles. The van der Waals surface area contributed by atoms with Gasteiger partial charge in [0, 0.05) is 18.0 Å². The molecule has 1 saturated heterocycles. The highest BCUT2D eigenvalue weighted by atomic mass is 16.5. The van der Waals surface area contributed by atoms with Crippen molar-refractivity contribution < 1.29 is 13.9 Å². The average Bonchev–Trinajstić information content (AvgIpc) is 2.90. The van der Waals surface area contributed by atoms with Gasteiger partial charge in [-0.3, -0.25) is 4.79 Å². The number of carbonyl (C=O) groups is 1.